The number of carbonyl (C=O) groups excluding carboxylic acids is 3. The summed E-state index contributed by atoms with van der Waals surface area (Å²) in [5.74, 6) is -0.0192. The number of hydrogen-bond acceptors (Lipinski definition) is 6. The molecule has 0 aromatic carbocycles. The van der Waals surface area contributed by atoms with Gasteiger partial charge in [-0.3, -0.25) is 24.2 Å². The van der Waals surface area contributed by atoms with Crippen molar-refractivity contribution in [2.24, 2.45) is 0 Å². The average Bonchev–Trinajstić information content (AvgIpc) is 3.30. The lowest BCUT2D eigenvalue weighted by Crippen LogP contribution is -2.46. The molecule has 3 rings (SSSR count). The summed E-state index contributed by atoms with van der Waals surface area (Å²) in [5.41, 5.74) is 0. The minimum Gasteiger partial charge on any atom is -0.353 e. The molecule has 1 aromatic heterocycles. The zero-order chi connectivity index (χ0) is 17.1. The molecule has 3 heterocycles. The van der Waals surface area contributed by atoms with E-state index in [0.717, 1.165) is 31.1 Å². The molecule has 2 aliphatic heterocycles. The van der Waals surface area contributed by atoms with E-state index in [1.807, 2.05) is 13.0 Å². The quantitative estimate of drug-likeness (QED) is 0.834. The van der Waals surface area contributed by atoms with Gasteiger partial charge in [-0.05, 0) is 37.8 Å². The molecule has 2 aliphatic rings. The Bertz CT molecular complexity index is 604. The highest BCUT2D eigenvalue weighted by atomic mass is 32.2. The van der Waals surface area contributed by atoms with Crippen LogP contribution in [0.1, 0.15) is 30.7 Å². The number of hydrogen-bond donors (Lipinski definition) is 1. The van der Waals surface area contributed by atoms with Gasteiger partial charge in [0.2, 0.25) is 11.8 Å². The molecule has 0 radical (unpaired) electrons. The third-order valence-electron chi connectivity index (χ3n) is 4.52. The second kappa shape index (κ2) is 7.67. The Morgan fingerprint density at radius 2 is 2.29 bits per heavy atom. The summed E-state index contributed by atoms with van der Waals surface area (Å²) in [4.78, 5) is 40.3. The minimum absolute atomic E-state index is 0.0507. The third kappa shape index (κ3) is 3.65. The fourth-order valence-corrected chi connectivity index (χ4v) is 4.86. The van der Waals surface area contributed by atoms with Crippen LogP contribution in [0, 0.1) is 0 Å². The van der Waals surface area contributed by atoms with Crippen molar-refractivity contribution >= 4 is 40.2 Å². The molecule has 24 heavy (non-hydrogen) atoms. The normalized spacial score (nSPS) is 23.0. The van der Waals surface area contributed by atoms with Crippen LogP contribution < -0.4 is 5.32 Å². The molecule has 2 fully saturated rings. The van der Waals surface area contributed by atoms with E-state index in [4.69, 9.17) is 0 Å². The Balaban J connectivity index is 1.51. The summed E-state index contributed by atoms with van der Waals surface area (Å²) in [6.45, 7) is 3.39. The number of carbonyl (C=O) groups is 3. The van der Waals surface area contributed by atoms with Crippen molar-refractivity contribution in [3.05, 3.63) is 22.4 Å². The van der Waals surface area contributed by atoms with Gasteiger partial charge in [0.15, 0.2) is 0 Å². The van der Waals surface area contributed by atoms with E-state index in [9.17, 15) is 14.4 Å². The maximum absolute atomic E-state index is 12.4. The number of thioether (sulfide) groups is 1. The van der Waals surface area contributed by atoms with Crippen molar-refractivity contribution in [1.82, 2.24) is 15.1 Å². The second-order valence-electron chi connectivity index (χ2n) is 5.98. The predicted octanol–water partition coefficient (Wildman–Crippen LogP) is 2.09. The number of rotatable bonds is 6. The monoisotopic (exact) mass is 367 g/mol. The van der Waals surface area contributed by atoms with Gasteiger partial charge in [0.05, 0.1) is 11.8 Å². The molecule has 0 spiro atoms. The number of imide groups is 1. The summed E-state index contributed by atoms with van der Waals surface area (Å²) in [6, 6.07) is 4.26. The number of thiophene rings is 1. The first-order valence-corrected chi connectivity index (χ1v) is 9.98. The largest absolute Gasteiger partial charge is 0.353 e. The van der Waals surface area contributed by atoms with Crippen LogP contribution in [0.2, 0.25) is 0 Å². The predicted molar refractivity (Wildman–Crippen MR) is 95.0 cm³/mol. The highest BCUT2D eigenvalue weighted by Crippen LogP contribution is 2.35. The highest BCUT2D eigenvalue weighted by molar-refractivity contribution is 8.14. The van der Waals surface area contributed by atoms with Gasteiger partial charge in [0.25, 0.3) is 5.24 Å². The summed E-state index contributed by atoms with van der Waals surface area (Å²) in [7, 11) is 0. The maximum atomic E-state index is 12.4. The molecule has 2 saturated heterocycles. The fourth-order valence-electron chi connectivity index (χ4n) is 3.23. The van der Waals surface area contributed by atoms with Gasteiger partial charge in [-0.25, -0.2) is 0 Å². The Morgan fingerprint density at radius 3 is 2.96 bits per heavy atom. The molecule has 6 nitrogen and oxygen atoms in total. The van der Waals surface area contributed by atoms with Crippen molar-refractivity contribution < 1.29 is 14.4 Å². The van der Waals surface area contributed by atoms with Crippen molar-refractivity contribution in [3.8, 4) is 0 Å². The SMILES string of the molecule is C[C@H](C(=O)NCCN1C(=O)CSC1=O)N1CCC[C@@H]1c1cccs1. The van der Waals surface area contributed by atoms with E-state index in [-0.39, 0.29) is 35.4 Å². The fraction of sp³-hybridized carbons (Fsp3) is 0.562. The van der Waals surface area contributed by atoms with E-state index >= 15 is 0 Å². The number of likely N-dealkylation sites (tertiary alicyclic amines) is 1. The molecule has 0 bridgehead atoms. The Morgan fingerprint density at radius 1 is 1.46 bits per heavy atom. The van der Waals surface area contributed by atoms with E-state index in [0.29, 0.717) is 12.6 Å². The smallest absolute Gasteiger partial charge is 0.288 e. The van der Waals surface area contributed by atoms with Crippen LogP contribution in [0.5, 0.6) is 0 Å². The van der Waals surface area contributed by atoms with Crippen LogP contribution in [0.25, 0.3) is 0 Å². The van der Waals surface area contributed by atoms with E-state index in [1.165, 1.54) is 9.78 Å². The first-order valence-electron chi connectivity index (χ1n) is 8.12. The van der Waals surface area contributed by atoms with Crippen LogP contribution >= 0.6 is 23.1 Å². The van der Waals surface area contributed by atoms with Gasteiger partial charge in [-0.1, -0.05) is 17.8 Å². The van der Waals surface area contributed by atoms with Crippen molar-refractivity contribution in [3.63, 3.8) is 0 Å². The van der Waals surface area contributed by atoms with Crippen LogP contribution in [-0.4, -0.2) is 58.3 Å². The molecule has 2 atom stereocenters. The van der Waals surface area contributed by atoms with Crippen LogP contribution in [0.3, 0.4) is 0 Å². The zero-order valence-corrected chi connectivity index (χ0v) is 15.2. The van der Waals surface area contributed by atoms with Crippen molar-refractivity contribution in [1.29, 1.82) is 0 Å². The van der Waals surface area contributed by atoms with Gasteiger partial charge in [-0.15, -0.1) is 11.3 Å². The van der Waals surface area contributed by atoms with Crippen LogP contribution in [-0.2, 0) is 9.59 Å². The Labute approximate surface area is 149 Å². The van der Waals surface area contributed by atoms with Gasteiger partial charge in [0, 0.05) is 24.0 Å². The molecule has 8 heteroatoms. The number of nitrogens with zero attached hydrogens (tertiary/aromatic N) is 2. The number of nitrogens with one attached hydrogen (secondary N) is 1. The zero-order valence-electron chi connectivity index (χ0n) is 13.6. The molecular weight excluding hydrogens is 346 g/mol. The average molecular weight is 367 g/mol. The third-order valence-corrected chi connectivity index (χ3v) is 6.35. The summed E-state index contributed by atoms with van der Waals surface area (Å²) >= 11 is 2.75. The lowest BCUT2D eigenvalue weighted by Gasteiger charge is -2.29. The van der Waals surface area contributed by atoms with Crippen molar-refractivity contribution in [2.45, 2.75) is 31.8 Å². The molecule has 0 aliphatic carbocycles. The van der Waals surface area contributed by atoms with Crippen molar-refractivity contribution in [2.75, 3.05) is 25.4 Å². The van der Waals surface area contributed by atoms with Crippen LogP contribution in [0.15, 0.2) is 17.5 Å². The first kappa shape index (κ1) is 17.4. The molecule has 0 unspecified atom stereocenters. The molecular formula is C16H21N3O3S2. The summed E-state index contributed by atoms with van der Waals surface area (Å²) in [6.07, 6.45) is 2.17. The van der Waals surface area contributed by atoms with Gasteiger partial charge in [-0.2, -0.15) is 0 Å². The van der Waals surface area contributed by atoms with E-state index in [1.54, 1.807) is 11.3 Å². The van der Waals surface area contributed by atoms with Gasteiger partial charge < -0.3 is 5.32 Å². The lowest BCUT2D eigenvalue weighted by atomic mass is 10.1. The van der Waals surface area contributed by atoms with Gasteiger partial charge in [0.1, 0.15) is 0 Å². The lowest BCUT2D eigenvalue weighted by molar-refractivity contribution is -0.127. The molecule has 0 saturated carbocycles. The van der Waals surface area contributed by atoms with Crippen LogP contribution in [0.4, 0.5) is 4.79 Å². The molecule has 1 aromatic rings. The molecule has 130 valence electrons. The van der Waals surface area contributed by atoms with E-state index in [2.05, 4.69) is 21.7 Å². The molecule has 3 amide bonds. The Hall–Kier alpha value is -1.38. The second-order valence-corrected chi connectivity index (χ2v) is 7.88. The Kier molecular flexibility index (Phi) is 5.57. The van der Waals surface area contributed by atoms with Gasteiger partial charge >= 0.3 is 0 Å². The topological polar surface area (TPSA) is 69.7 Å². The standard InChI is InChI=1S/C16H21N3O3S2/c1-11(18-7-2-4-12(18)13-5-3-9-23-13)15(21)17-6-8-19-14(20)10-24-16(19)22/h3,5,9,11-12H,2,4,6-8,10H2,1H3,(H,17,21)/t11-,12-/m1/s1. The molecule has 1 N–H and O–H groups in total. The maximum Gasteiger partial charge on any atom is 0.288 e. The summed E-state index contributed by atoms with van der Waals surface area (Å²) < 4.78 is 0. The summed E-state index contributed by atoms with van der Waals surface area (Å²) in [5, 5.41) is 4.71. The highest BCUT2D eigenvalue weighted by Gasteiger charge is 2.34. The number of amides is 3. The minimum atomic E-state index is -0.223. The first-order chi connectivity index (χ1) is 11.6. The van der Waals surface area contributed by atoms with E-state index < -0.39 is 0 Å².